The van der Waals surface area contributed by atoms with E-state index in [1.807, 2.05) is 4.90 Å². The quantitative estimate of drug-likeness (QED) is 0.781. The first-order chi connectivity index (χ1) is 8.09. The van der Waals surface area contributed by atoms with Crippen molar-refractivity contribution in [2.75, 3.05) is 12.3 Å². The maximum absolute atomic E-state index is 12.3. The Balaban J connectivity index is 2.24. The Morgan fingerprint density at radius 2 is 2.24 bits per heavy atom. The molecule has 1 unspecified atom stereocenters. The van der Waals surface area contributed by atoms with Crippen molar-refractivity contribution in [3.8, 4) is 0 Å². The normalized spacial score (nSPS) is 20.4. The molecule has 3 nitrogen and oxygen atoms in total. The standard InChI is InChI=1S/C13H17ClN2O/c1-9-4-2-3-7-16(9)13(17)11-6-5-10(15)8-12(11)14/h5-6,8-9H,2-4,7,15H2,1H3. The van der Waals surface area contributed by atoms with E-state index in [1.54, 1.807) is 18.2 Å². The molecule has 1 fully saturated rings. The van der Waals surface area contributed by atoms with Crippen LogP contribution in [0.1, 0.15) is 36.5 Å². The monoisotopic (exact) mass is 252 g/mol. The summed E-state index contributed by atoms with van der Waals surface area (Å²) in [5.74, 6) is 0.0159. The fourth-order valence-corrected chi connectivity index (χ4v) is 2.53. The lowest BCUT2D eigenvalue weighted by atomic mass is 10.0. The second-order valence-corrected chi connectivity index (χ2v) is 4.99. The SMILES string of the molecule is CC1CCCCN1C(=O)c1ccc(N)cc1Cl. The van der Waals surface area contributed by atoms with Gasteiger partial charge in [0.1, 0.15) is 0 Å². The van der Waals surface area contributed by atoms with Gasteiger partial charge in [-0.05, 0) is 44.4 Å². The Morgan fingerprint density at radius 1 is 1.47 bits per heavy atom. The van der Waals surface area contributed by atoms with E-state index in [-0.39, 0.29) is 5.91 Å². The highest BCUT2D eigenvalue weighted by Gasteiger charge is 2.25. The van der Waals surface area contributed by atoms with Gasteiger partial charge in [0.05, 0.1) is 10.6 Å². The average molecular weight is 253 g/mol. The number of hydrogen-bond acceptors (Lipinski definition) is 2. The number of benzene rings is 1. The Labute approximate surface area is 107 Å². The number of halogens is 1. The highest BCUT2D eigenvalue weighted by atomic mass is 35.5. The molecule has 0 radical (unpaired) electrons. The predicted molar refractivity (Wildman–Crippen MR) is 70.2 cm³/mol. The van der Waals surface area contributed by atoms with E-state index in [1.165, 1.54) is 6.42 Å². The molecule has 1 aromatic rings. The first-order valence-electron chi connectivity index (χ1n) is 5.95. The van der Waals surface area contributed by atoms with Crippen LogP contribution in [0.3, 0.4) is 0 Å². The minimum atomic E-state index is 0.0159. The van der Waals surface area contributed by atoms with Crippen molar-refractivity contribution in [3.05, 3.63) is 28.8 Å². The van der Waals surface area contributed by atoms with Crippen molar-refractivity contribution in [1.82, 2.24) is 4.90 Å². The Hall–Kier alpha value is -1.22. The molecule has 2 rings (SSSR count). The van der Waals surface area contributed by atoms with Gasteiger partial charge in [0.2, 0.25) is 0 Å². The Bertz CT molecular complexity index is 433. The van der Waals surface area contributed by atoms with Crippen molar-refractivity contribution in [3.63, 3.8) is 0 Å². The van der Waals surface area contributed by atoms with E-state index >= 15 is 0 Å². The highest BCUT2D eigenvalue weighted by molar-refractivity contribution is 6.34. The van der Waals surface area contributed by atoms with Crippen molar-refractivity contribution in [2.45, 2.75) is 32.2 Å². The number of piperidine rings is 1. The lowest BCUT2D eigenvalue weighted by molar-refractivity contribution is 0.0636. The number of nitrogen functional groups attached to an aromatic ring is 1. The van der Waals surface area contributed by atoms with Gasteiger partial charge in [0.25, 0.3) is 5.91 Å². The minimum Gasteiger partial charge on any atom is -0.399 e. The number of carbonyl (C=O) groups is 1. The number of nitrogens with two attached hydrogens (primary N) is 1. The number of hydrogen-bond donors (Lipinski definition) is 1. The van der Waals surface area contributed by atoms with Crippen molar-refractivity contribution in [1.29, 1.82) is 0 Å². The summed E-state index contributed by atoms with van der Waals surface area (Å²) in [4.78, 5) is 14.2. The number of carbonyl (C=O) groups excluding carboxylic acids is 1. The number of rotatable bonds is 1. The van der Waals surface area contributed by atoms with Crippen LogP contribution >= 0.6 is 11.6 Å². The van der Waals surface area contributed by atoms with Crippen LogP contribution in [0, 0.1) is 0 Å². The predicted octanol–water partition coefficient (Wildman–Crippen LogP) is 2.94. The zero-order valence-corrected chi connectivity index (χ0v) is 10.7. The molecular formula is C13H17ClN2O. The molecule has 1 aliphatic rings. The molecule has 4 heteroatoms. The molecule has 17 heavy (non-hydrogen) atoms. The Morgan fingerprint density at radius 3 is 2.88 bits per heavy atom. The van der Waals surface area contributed by atoms with Crippen molar-refractivity contribution < 1.29 is 4.79 Å². The number of likely N-dealkylation sites (tertiary alicyclic amines) is 1. The second kappa shape index (κ2) is 4.96. The molecule has 0 spiro atoms. The van der Waals surface area contributed by atoms with Gasteiger partial charge in [-0.25, -0.2) is 0 Å². The van der Waals surface area contributed by atoms with Crippen molar-refractivity contribution in [2.24, 2.45) is 0 Å². The van der Waals surface area contributed by atoms with E-state index in [0.717, 1.165) is 19.4 Å². The third kappa shape index (κ3) is 2.55. The topological polar surface area (TPSA) is 46.3 Å². The zero-order chi connectivity index (χ0) is 12.4. The number of nitrogens with zero attached hydrogens (tertiary/aromatic N) is 1. The molecule has 92 valence electrons. The van der Waals surface area contributed by atoms with Crippen LogP contribution < -0.4 is 5.73 Å². The van der Waals surface area contributed by atoms with Gasteiger partial charge < -0.3 is 10.6 Å². The number of anilines is 1. The van der Waals surface area contributed by atoms with Gasteiger partial charge in [0.15, 0.2) is 0 Å². The molecule has 1 saturated heterocycles. The van der Waals surface area contributed by atoms with Crippen LogP contribution in [0.2, 0.25) is 5.02 Å². The fraction of sp³-hybridized carbons (Fsp3) is 0.462. The zero-order valence-electron chi connectivity index (χ0n) is 9.95. The second-order valence-electron chi connectivity index (χ2n) is 4.58. The largest absolute Gasteiger partial charge is 0.399 e. The molecule has 0 aliphatic carbocycles. The highest BCUT2D eigenvalue weighted by Crippen LogP contribution is 2.24. The minimum absolute atomic E-state index is 0.0159. The summed E-state index contributed by atoms with van der Waals surface area (Å²) in [6.45, 7) is 2.91. The maximum atomic E-state index is 12.3. The summed E-state index contributed by atoms with van der Waals surface area (Å²) in [5, 5.41) is 0.438. The van der Waals surface area contributed by atoms with Crippen LogP contribution in [0.15, 0.2) is 18.2 Å². The smallest absolute Gasteiger partial charge is 0.255 e. The van der Waals surface area contributed by atoms with Gasteiger partial charge in [-0.1, -0.05) is 11.6 Å². The van der Waals surface area contributed by atoms with Gasteiger partial charge in [-0.2, -0.15) is 0 Å². The molecule has 0 aromatic heterocycles. The van der Waals surface area contributed by atoms with Crippen LogP contribution in [-0.2, 0) is 0 Å². The molecule has 1 aliphatic heterocycles. The van der Waals surface area contributed by atoms with E-state index < -0.39 is 0 Å². The summed E-state index contributed by atoms with van der Waals surface area (Å²) >= 11 is 6.06. The van der Waals surface area contributed by atoms with E-state index in [9.17, 15) is 4.79 Å². The van der Waals surface area contributed by atoms with Crippen LogP contribution in [-0.4, -0.2) is 23.4 Å². The molecule has 1 aromatic carbocycles. The summed E-state index contributed by atoms with van der Waals surface area (Å²) in [6.07, 6.45) is 3.33. The maximum Gasteiger partial charge on any atom is 0.255 e. The number of amides is 1. The van der Waals surface area contributed by atoms with E-state index in [4.69, 9.17) is 17.3 Å². The molecular weight excluding hydrogens is 236 g/mol. The van der Waals surface area contributed by atoms with Crippen LogP contribution in [0.25, 0.3) is 0 Å². The molecule has 1 amide bonds. The fourth-order valence-electron chi connectivity index (χ4n) is 2.26. The molecule has 1 atom stereocenters. The average Bonchev–Trinajstić information content (AvgIpc) is 2.29. The molecule has 0 bridgehead atoms. The lowest BCUT2D eigenvalue weighted by Crippen LogP contribution is -2.42. The lowest BCUT2D eigenvalue weighted by Gasteiger charge is -2.33. The van der Waals surface area contributed by atoms with Gasteiger partial charge >= 0.3 is 0 Å². The third-order valence-electron chi connectivity index (χ3n) is 3.29. The summed E-state index contributed by atoms with van der Waals surface area (Å²) in [6, 6.07) is 5.35. The van der Waals surface area contributed by atoms with Gasteiger partial charge in [0, 0.05) is 18.3 Å². The van der Waals surface area contributed by atoms with Crippen LogP contribution in [0.5, 0.6) is 0 Å². The van der Waals surface area contributed by atoms with Crippen LogP contribution in [0.4, 0.5) is 5.69 Å². The van der Waals surface area contributed by atoms with Gasteiger partial charge in [-0.15, -0.1) is 0 Å². The first-order valence-corrected chi connectivity index (χ1v) is 6.33. The van der Waals surface area contributed by atoms with Gasteiger partial charge in [-0.3, -0.25) is 4.79 Å². The first kappa shape index (κ1) is 12.2. The summed E-state index contributed by atoms with van der Waals surface area (Å²) in [7, 11) is 0. The van der Waals surface area contributed by atoms with Crippen molar-refractivity contribution >= 4 is 23.2 Å². The Kier molecular flexibility index (Phi) is 3.57. The molecule has 2 N–H and O–H groups in total. The third-order valence-corrected chi connectivity index (χ3v) is 3.60. The van der Waals surface area contributed by atoms with E-state index in [0.29, 0.717) is 22.3 Å². The molecule has 0 saturated carbocycles. The van der Waals surface area contributed by atoms with E-state index in [2.05, 4.69) is 6.92 Å². The molecule has 1 heterocycles. The summed E-state index contributed by atoms with van der Waals surface area (Å²) < 4.78 is 0. The summed E-state index contributed by atoms with van der Waals surface area (Å²) in [5.41, 5.74) is 6.76.